The Morgan fingerprint density at radius 2 is 1.88 bits per heavy atom. The van der Waals surface area contributed by atoms with Crippen molar-refractivity contribution in [1.29, 1.82) is 0 Å². The minimum Gasteiger partial charge on any atom is -0.483 e. The first kappa shape index (κ1) is 16.5. The van der Waals surface area contributed by atoms with Crippen molar-refractivity contribution in [3.05, 3.63) is 54.6 Å². The molecular formula is C19H22N2O3. The van der Waals surface area contributed by atoms with E-state index in [0.29, 0.717) is 18.8 Å². The van der Waals surface area contributed by atoms with Gasteiger partial charge in [0, 0.05) is 31.1 Å². The van der Waals surface area contributed by atoms with Gasteiger partial charge in [0.2, 0.25) is 0 Å². The molecule has 2 unspecified atom stereocenters. The number of amides is 1. The van der Waals surface area contributed by atoms with Crippen LogP contribution in [0.15, 0.2) is 54.6 Å². The van der Waals surface area contributed by atoms with Gasteiger partial charge in [0.15, 0.2) is 6.61 Å². The van der Waals surface area contributed by atoms with Crippen molar-refractivity contribution < 1.29 is 14.6 Å². The number of para-hydroxylation sites is 1. The third-order valence-corrected chi connectivity index (χ3v) is 4.20. The second-order valence-electron chi connectivity index (χ2n) is 5.94. The summed E-state index contributed by atoms with van der Waals surface area (Å²) in [4.78, 5) is 12.0. The first-order chi connectivity index (χ1) is 11.7. The number of carbonyl (C=O) groups excluding carboxylic acids is 1. The Balaban J connectivity index is 1.56. The fourth-order valence-corrected chi connectivity index (χ4v) is 2.82. The van der Waals surface area contributed by atoms with Crippen LogP contribution in [0.2, 0.25) is 0 Å². The number of rotatable bonds is 6. The van der Waals surface area contributed by atoms with Gasteiger partial charge >= 0.3 is 0 Å². The molecule has 5 nitrogen and oxygen atoms in total. The largest absolute Gasteiger partial charge is 0.483 e. The van der Waals surface area contributed by atoms with Gasteiger partial charge in [-0.3, -0.25) is 4.79 Å². The Kier molecular flexibility index (Phi) is 5.46. The molecule has 126 valence electrons. The first-order valence-corrected chi connectivity index (χ1v) is 8.17. The molecule has 24 heavy (non-hydrogen) atoms. The Morgan fingerprint density at radius 1 is 1.12 bits per heavy atom. The molecule has 1 aliphatic heterocycles. The molecule has 0 radical (unpaired) electrons. The van der Waals surface area contributed by atoms with E-state index in [4.69, 9.17) is 4.74 Å². The van der Waals surface area contributed by atoms with Gasteiger partial charge in [-0.15, -0.1) is 0 Å². The molecule has 1 amide bonds. The summed E-state index contributed by atoms with van der Waals surface area (Å²) in [6.07, 6.45) is -0.398. The van der Waals surface area contributed by atoms with Gasteiger partial charge in [-0.25, -0.2) is 0 Å². The second kappa shape index (κ2) is 7.95. The van der Waals surface area contributed by atoms with E-state index in [2.05, 4.69) is 10.6 Å². The maximum absolute atomic E-state index is 12.0. The topological polar surface area (TPSA) is 70.6 Å². The van der Waals surface area contributed by atoms with Crippen LogP contribution in [0.4, 0.5) is 0 Å². The van der Waals surface area contributed by atoms with Gasteiger partial charge in [-0.2, -0.15) is 0 Å². The van der Waals surface area contributed by atoms with Crippen molar-refractivity contribution in [3.63, 3.8) is 0 Å². The van der Waals surface area contributed by atoms with Gasteiger partial charge in [0.25, 0.3) is 5.91 Å². The summed E-state index contributed by atoms with van der Waals surface area (Å²) in [6.45, 7) is 1.72. The van der Waals surface area contributed by atoms with E-state index < -0.39 is 6.10 Å². The minimum absolute atomic E-state index is 0.0416. The third kappa shape index (κ3) is 4.13. The average Bonchev–Trinajstić information content (AvgIpc) is 3.04. The maximum Gasteiger partial charge on any atom is 0.257 e. The number of aliphatic hydroxyl groups excluding tert-OH is 1. The van der Waals surface area contributed by atoms with Crippen molar-refractivity contribution in [2.75, 3.05) is 26.2 Å². The summed E-state index contributed by atoms with van der Waals surface area (Å²) >= 11 is 0. The van der Waals surface area contributed by atoms with Gasteiger partial charge in [-0.1, -0.05) is 48.5 Å². The Hall–Kier alpha value is -2.37. The molecule has 0 bridgehead atoms. The van der Waals surface area contributed by atoms with Gasteiger partial charge in [-0.05, 0) is 11.6 Å². The highest BCUT2D eigenvalue weighted by atomic mass is 16.5. The van der Waals surface area contributed by atoms with Crippen LogP contribution in [0.3, 0.4) is 0 Å². The highest BCUT2D eigenvalue weighted by Crippen LogP contribution is 2.29. The quantitative estimate of drug-likeness (QED) is 0.751. The zero-order chi connectivity index (χ0) is 16.8. The van der Waals surface area contributed by atoms with Crippen molar-refractivity contribution >= 4 is 5.91 Å². The number of β-amino-alcohol motifs (C(OH)–C–C–N with tert-alkyl or cyclic N) is 1. The van der Waals surface area contributed by atoms with Gasteiger partial charge in [0.1, 0.15) is 5.75 Å². The lowest BCUT2D eigenvalue weighted by atomic mass is 10.1. The monoisotopic (exact) mass is 326 g/mol. The predicted molar refractivity (Wildman–Crippen MR) is 92.7 cm³/mol. The summed E-state index contributed by atoms with van der Waals surface area (Å²) in [5.74, 6) is 0.559. The van der Waals surface area contributed by atoms with E-state index in [9.17, 15) is 9.90 Å². The summed E-state index contributed by atoms with van der Waals surface area (Å²) in [7, 11) is 0. The summed E-state index contributed by atoms with van der Waals surface area (Å²) in [6, 6.07) is 17.6. The van der Waals surface area contributed by atoms with E-state index in [1.165, 1.54) is 0 Å². The fraction of sp³-hybridized carbons (Fsp3) is 0.316. The SMILES string of the molecule is O=C(COc1ccccc1-c1ccccc1)NCC1CNCC1O. The Morgan fingerprint density at radius 3 is 2.62 bits per heavy atom. The van der Waals surface area contributed by atoms with Crippen molar-refractivity contribution in [3.8, 4) is 16.9 Å². The van der Waals surface area contributed by atoms with Crippen molar-refractivity contribution in [1.82, 2.24) is 10.6 Å². The second-order valence-corrected chi connectivity index (χ2v) is 5.94. The van der Waals surface area contributed by atoms with E-state index in [1.807, 2.05) is 54.6 Å². The lowest BCUT2D eigenvalue weighted by molar-refractivity contribution is -0.123. The summed E-state index contributed by atoms with van der Waals surface area (Å²) < 4.78 is 5.71. The molecule has 0 saturated carbocycles. The molecule has 0 spiro atoms. The average molecular weight is 326 g/mol. The molecule has 1 saturated heterocycles. The lowest BCUT2D eigenvalue weighted by Crippen LogP contribution is -2.36. The molecule has 0 aromatic heterocycles. The smallest absolute Gasteiger partial charge is 0.257 e. The van der Waals surface area contributed by atoms with Crippen molar-refractivity contribution in [2.24, 2.45) is 5.92 Å². The Bertz CT molecular complexity index is 675. The molecule has 2 aromatic carbocycles. The van der Waals surface area contributed by atoms with E-state index in [-0.39, 0.29) is 18.4 Å². The molecule has 5 heteroatoms. The molecule has 0 aliphatic carbocycles. The van der Waals surface area contributed by atoms with Crippen LogP contribution in [0.25, 0.3) is 11.1 Å². The van der Waals surface area contributed by atoms with Crippen molar-refractivity contribution in [2.45, 2.75) is 6.10 Å². The molecule has 1 heterocycles. The van der Waals surface area contributed by atoms with Crippen LogP contribution in [-0.2, 0) is 4.79 Å². The van der Waals surface area contributed by atoms with Crippen LogP contribution in [0, 0.1) is 5.92 Å². The predicted octanol–water partition coefficient (Wildman–Crippen LogP) is 1.43. The van der Waals surface area contributed by atoms with Gasteiger partial charge < -0.3 is 20.5 Å². The highest BCUT2D eigenvalue weighted by Gasteiger charge is 2.25. The van der Waals surface area contributed by atoms with E-state index in [1.54, 1.807) is 0 Å². The maximum atomic E-state index is 12.0. The normalized spacial score (nSPS) is 19.9. The number of nitrogens with one attached hydrogen (secondary N) is 2. The van der Waals surface area contributed by atoms with Crippen LogP contribution < -0.4 is 15.4 Å². The molecule has 1 aliphatic rings. The summed E-state index contributed by atoms with van der Waals surface area (Å²) in [5, 5.41) is 15.6. The zero-order valence-electron chi connectivity index (χ0n) is 13.4. The lowest BCUT2D eigenvalue weighted by Gasteiger charge is -2.15. The zero-order valence-corrected chi connectivity index (χ0v) is 13.4. The number of aliphatic hydroxyl groups is 1. The molecule has 3 N–H and O–H groups in total. The number of ether oxygens (including phenoxy) is 1. The molecule has 3 rings (SSSR count). The molecule has 2 atom stereocenters. The Labute approximate surface area is 141 Å². The van der Waals surface area contributed by atoms with Crippen LogP contribution in [0.1, 0.15) is 0 Å². The van der Waals surface area contributed by atoms with Gasteiger partial charge in [0.05, 0.1) is 6.10 Å². The third-order valence-electron chi connectivity index (χ3n) is 4.20. The fourth-order valence-electron chi connectivity index (χ4n) is 2.82. The molecule has 2 aromatic rings. The molecule has 1 fully saturated rings. The number of hydrogen-bond acceptors (Lipinski definition) is 4. The standard InChI is InChI=1S/C19H22N2O3/c22-17-12-20-10-15(17)11-21-19(23)13-24-18-9-5-4-8-16(18)14-6-2-1-3-7-14/h1-9,15,17,20,22H,10-13H2,(H,21,23). The number of hydrogen-bond donors (Lipinski definition) is 3. The van der Waals surface area contributed by atoms with Crippen LogP contribution in [-0.4, -0.2) is 43.4 Å². The highest BCUT2D eigenvalue weighted by molar-refractivity contribution is 5.78. The molecular weight excluding hydrogens is 304 g/mol. The number of carbonyl (C=O) groups is 1. The van der Waals surface area contributed by atoms with E-state index in [0.717, 1.165) is 17.7 Å². The van der Waals surface area contributed by atoms with Crippen LogP contribution in [0.5, 0.6) is 5.75 Å². The first-order valence-electron chi connectivity index (χ1n) is 8.17. The summed E-state index contributed by atoms with van der Waals surface area (Å²) in [5.41, 5.74) is 2.01. The number of benzene rings is 2. The van der Waals surface area contributed by atoms with E-state index >= 15 is 0 Å². The van der Waals surface area contributed by atoms with Crippen LogP contribution >= 0.6 is 0 Å². The minimum atomic E-state index is -0.398.